The molecule has 2 unspecified atom stereocenters. The molecular formula is C12H18BrN3O. The molecule has 94 valence electrons. The third-order valence-electron chi connectivity index (χ3n) is 3.63. The van der Waals surface area contributed by atoms with Crippen LogP contribution in [0.1, 0.15) is 18.9 Å². The smallest absolute Gasteiger partial charge is 0.143 e. The molecule has 3 N–H and O–H groups in total. The summed E-state index contributed by atoms with van der Waals surface area (Å²) in [7, 11) is 0. The van der Waals surface area contributed by atoms with Crippen LogP contribution in [0.5, 0.6) is 0 Å². The first-order chi connectivity index (χ1) is 8.06. The van der Waals surface area contributed by atoms with Crippen molar-refractivity contribution in [2.75, 3.05) is 23.8 Å². The summed E-state index contributed by atoms with van der Waals surface area (Å²) in [5.41, 5.74) is 7.52. The fourth-order valence-corrected chi connectivity index (χ4v) is 2.89. The molecule has 1 aliphatic rings. The molecule has 1 saturated heterocycles. The highest BCUT2D eigenvalue weighted by Gasteiger charge is 2.32. The molecule has 1 aliphatic heterocycles. The van der Waals surface area contributed by atoms with Crippen LogP contribution in [0.2, 0.25) is 0 Å². The Morgan fingerprint density at radius 1 is 1.65 bits per heavy atom. The van der Waals surface area contributed by atoms with Gasteiger partial charge in [0.15, 0.2) is 0 Å². The van der Waals surface area contributed by atoms with Crippen molar-refractivity contribution in [2.45, 2.75) is 26.3 Å². The lowest BCUT2D eigenvalue weighted by Crippen LogP contribution is -2.36. The minimum absolute atomic E-state index is 0.154. The summed E-state index contributed by atoms with van der Waals surface area (Å²) < 4.78 is 0.935. The molecule has 2 rings (SSSR count). The van der Waals surface area contributed by atoms with Crippen molar-refractivity contribution in [3.8, 4) is 0 Å². The van der Waals surface area contributed by atoms with Crippen LogP contribution >= 0.6 is 15.9 Å². The lowest BCUT2D eigenvalue weighted by Gasteiger charge is -2.27. The van der Waals surface area contributed by atoms with E-state index in [1.54, 1.807) is 6.20 Å². The van der Waals surface area contributed by atoms with Gasteiger partial charge in [-0.15, -0.1) is 0 Å². The Bertz CT molecular complexity index is 424. The van der Waals surface area contributed by atoms with Crippen LogP contribution in [-0.2, 0) is 0 Å². The number of pyridine rings is 1. The molecule has 0 aliphatic carbocycles. The van der Waals surface area contributed by atoms with E-state index in [4.69, 9.17) is 5.73 Å². The molecule has 0 spiro atoms. The number of aliphatic hydroxyl groups excluding tert-OH is 1. The number of rotatable bonds is 2. The van der Waals surface area contributed by atoms with Gasteiger partial charge in [0, 0.05) is 6.54 Å². The van der Waals surface area contributed by atoms with E-state index in [0.717, 1.165) is 28.8 Å². The largest absolute Gasteiger partial charge is 0.397 e. The van der Waals surface area contributed by atoms with Crippen molar-refractivity contribution < 1.29 is 5.11 Å². The Labute approximate surface area is 110 Å². The van der Waals surface area contributed by atoms with E-state index < -0.39 is 0 Å². The molecule has 0 saturated carbocycles. The quantitative estimate of drug-likeness (QED) is 0.876. The van der Waals surface area contributed by atoms with Crippen LogP contribution in [0.3, 0.4) is 0 Å². The average Bonchev–Trinajstić information content (AvgIpc) is 2.67. The van der Waals surface area contributed by atoms with Crippen molar-refractivity contribution in [3.05, 3.63) is 16.2 Å². The monoisotopic (exact) mass is 299 g/mol. The molecule has 0 amide bonds. The summed E-state index contributed by atoms with van der Waals surface area (Å²) in [4.78, 5) is 6.56. The highest BCUT2D eigenvalue weighted by molar-refractivity contribution is 9.10. The Morgan fingerprint density at radius 2 is 2.35 bits per heavy atom. The SMILES string of the molecule is Cc1c(N)cnc(N2CCC(C)C2CO)c1Br. The van der Waals surface area contributed by atoms with E-state index in [2.05, 4.69) is 32.7 Å². The Morgan fingerprint density at radius 3 is 3.00 bits per heavy atom. The van der Waals surface area contributed by atoms with Crippen molar-refractivity contribution in [1.29, 1.82) is 0 Å². The molecule has 1 aromatic rings. The van der Waals surface area contributed by atoms with Crippen molar-refractivity contribution in [3.63, 3.8) is 0 Å². The van der Waals surface area contributed by atoms with Crippen LogP contribution in [-0.4, -0.2) is 29.3 Å². The van der Waals surface area contributed by atoms with E-state index in [9.17, 15) is 5.11 Å². The maximum atomic E-state index is 9.47. The van der Waals surface area contributed by atoms with Crippen LogP contribution in [0.25, 0.3) is 0 Å². The summed E-state index contributed by atoms with van der Waals surface area (Å²) in [5, 5.41) is 9.47. The Kier molecular flexibility index (Phi) is 3.58. The number of nitrogen functional groups attached to an aromatic ring is 1. The van der Waals surface area contributed by atoms with Gasteiger partial charge in [-0.2, -0.15) is 0 Å². The second-order valence-electron chi connectivity index (χ2n) is 4.69. The zero-order valence-corrected chi connectivity index (χ0v) is 11.7. The van der Waals surface area contributed by atoms with Gasteiger partial charge in [-0.1, -0.05) is 6.92 Å². The maximum Gasteiger partial charge on any atom is 0.143 e. The molecule has 1 fully saturated rings. The highest BCUT2D eigenvalue weighted by atomic mass is 79.9. The van der Waals surface area contributed by atoms with Crippen molar-refractivity contribution in [2.24, 2.45) is 5.92 Å². The molecule has 1 aromatic heterocycles. The number of aromatic nitrogens is 1. The molecule has 0 radical (unpaired) electrons. The lowest BCUT2D eigenvalue weighted by atomic mass is 10.0. The topological polar surface area (TPSA) is 62.4 Å². The molecule has 2 atom stereocenters. The molecular weight excluding hydrogens is 282 g/mol. The fraction of sp³-hybridized carbons (Fsp3) is 0.583. The predicted octanol–water partition coefficient (Wildman–Crippen LogP) is 1.94. The van der Waals surface area contributed by atoms with E-state index in [1.807, 2.05) is 6.92 Å². The van der Waals surface area contributed by atoms with Crippen LogP contribution in [0, 0.1) is 12.8 Å². The molecule has 0 bridgehead atoms. The summed E-state index contributed by atoms with van der Waals surface area (Å²) in [6.45, 7) is 5.23. The number of anilines is 2. The average molecular weight is 300 g/mol. The summed E-state index contributed by atoms with van der Waals surface area (Å²) in [5.74, 6) is 1.38. The van der Waals surface area contributed by atoms with Gasteiger partial charge in [0.2, 0.25) is 0 Å². The van der Waals surface area contributed by atoms with Gasteiger partial charge in [-0.05, 0) is 40.8 Å². The van der Waals surface area contributed by atoms with Gasteiger partial charge in [0.25, 0.3) is 0 Å². The fourth-order valence-electron chi connectivity index (χ4n) is 2.33. The van der Waals surface area contributed by atoms with Crippen molar-refractivity contribution in [1.82, 2.24) is 4.98 Å². The number of hydrogen-bond donors (Lipinski definition) is 2. The van der Waals surface area contributed by atoms with Gasteiger partial charge in [0.05, 0.1) is 29.0 Å². The Balaban J connectivity index is 2.38. The van der Waals surface area contributed by atoms with Crippen LogP contribution in [0.4, 0.5) is 11.5 Å². The summed E-state index contributed by atoms with van der Waals surface area (Å²) in [6.07, 6.45) is 2.77. The molecule has 4 nitrogen and oxygen atoms in total. The number of hydrogen-bond acceptors (Lipinski definition) is 4. The minimum Gasteiger partial charge on any atom is -0.397 e. The van der Waals surface area contributed by atoms with Gasteiger partial charge in [-0.3, -0.25) is 0 Å². The van der Waals surface area contributed by atoms with Gasteiger partial charge in [-0.25, -0.2) is 4.98 Å². The maximum absolute atomic E-state index is 9.47. The summed E-state index contributed by atoms with van der Waals surface area (Å²) in [6, 6.07) is 0.154. The van der Waals surface area contributed by atoms with E-state index in [1.165, 1.54) is 0 Å². The first-order valence-corrected chi connectivity index (χ1v) is 6.63. The Hall–Kier alpha value is -0.810. The third-order valence-corrected chi connectivity index (χ3v) is 4.58. The molecule has 17 heavy (non-hydrogen) atoms. The second-order valence-corrected chi connectivity index (χ2v) is 5.48. The van der Waals surface area contributed by atoms with Gasteiger partial charge < -0.3 is 15.7 Å². The number of nitrogens with two attached hydrogens (primary N) is 1. The molecule has 2 heterocycles. The number of nitrogens with zero attached hydrogens (tertiary/aromatic N) is 2. The predicted molar refractivity (Wildman–Crippen MR) is 73.1 cm³/mol. The van der Waals surface area contributed by atoms with Crippen molar-refractivity contribution >= 4 is 27.4 Å². The lowest BCUT2D eigenvalue weighted by molar-refractivity contribution is 0.244. The standard InChI is InChI=1S/C12H18BrN3O/c1-7-3-4-16(10(7)6-17)12-11(13)8(2)9(14)5-15-12/h5,7,10,17H,3-4,6,14H2,1-2H3. The van der Waals surface area contributed by atoms with E-state index >= 15 is 0 Å². The third kappa shape index (κ3) is 2.13. The zero-order valence-electron chi connectivity index (χ0n) is 10.2. The normalized spacial score (nSPS) is 24.4. The van der Waals surface area contributed by atoms with Crippen LogP contribution < -0.4 is 10.6 Å². The first kappa shape index (κ1) is 12.6. The highest BCUT2D eigenvalue weighted by Crippen LogP contribution is 2.35. The second kappa shape index (κ2) is 4.82. The van der Waals surface area contributed by atoms with E-state index in [-0.39, 0.29) is 12.6 Å². The summed E-state index contributed by atoms with van der Waals surface area (Å²) >= 11 is 3.55. The zero-order chi connectivity index (χ0) is 12.6. The minimum atomic E-state index is 0.154. The number of aliphatic hydroxyl groups is 1. The first-order valence-electron chi connectivity index (χ1n) is 5.84. The molecule has 5 heteroatoms. The molecule has 0 aromatic carbocycles. The number of halogens is 1. The van der Waals surface area contributed by atoms with Crippen LogP contribution in [0.15, 0.2) is 10.7 Å². The van der Waals surface area contributed by atoms with Gasteiger partial charge >= 0.3 is 0 Å². The van der Waals surface area contributed by atoms with Gasteiger partial charge in [0.1, 0.15) is 5.82 Å². The van der Waals surface area contributed by atoms with E-state index in [0.29, 0.717) is 11.6 Å².